The Hall–Kier alpha value is -1.52. The molecule has 0 atom stereocenters. The first-order chi connectivity index (χ1) is 6.54. The van der Waals surface area contributed by atoms with Crippen molar-refractivity contribution in [2.75, 3.05) is 5.73 Å². The van der Waals surface area contributed by atoms with E-state index in [1.807, 2.05) is 6.92 Å². The van der Waals surface area contributed by atoms with Crippen molar-refractivity contribution in [3.63, 3.8) is 0 Å². The van der Waals surface area contributed by atoms with E-state index in [9.17, 15) is 4.79 Å². The zero-order chi connectivity index (χ0) is 10.7. The van der Waals surface area contributed by atoms with Gasteiger partial charge in [0.1, 0.15) is 11.5 Å². The second-order valence-corrected chi connectivity index (χ2v) is 3.22. The quantitative estimate of drug-likeness (QED) is 0.735. The van der Waals surface area contributed by atoms with Gasteiger partial charge in [-0.3, -0.25) is 4.68 Å². The molecule has 1 aromatic rings. The predicted octanol–water partition coefficient (Wildman–Crippen LogP) is 1.05. The lowest BCUT2D eigenvalue weighted by Gasteiger charge is -2.08. The summed E-state index contributed by atoms with van der Waals surface area (Å²) in [6.45, 7) is 6.08. The fourth-order valence-corrected chi connectivity index (χ4v) is 1.12. The summed E-state index contributed by atoms with van der Waals surface area (Å²) in [4.78, 5) is 11.5. The number of hydrogen-bond donors (Lipinski definition) is 1. The Bertz CT molecular complexity index is 331. The number of anilines is 1. The highest BCUT2D eigenvalue weighted by atomic mass is 16.5. The van der Waals surface area contributed by atoms with E-state index in [-0.39, 0.29) is 12.1 Å². The lowest BCUT2D eigenvalue weighted by atomic mass is 10.4. The van der Waals surface area contributed by atoms with Crippen molar-refractivity contribution in [1.82, 2.24) is 9.78 Å². The molecule has 0 amide bonds. The minimum absolute atomic E-state index is 0.135. The minimum atomic E-state index is -0.383. The van der Waals surface area contributed by atoms with Crippen molar-refractivity contribution < 1.29 is 9.53 Å². The third-order valence-corrected chi connectivity index (χ3v) is 1.65. The zero-order valence-corrected chi connectivity index (χ0v) is 8.65. The molecule has 1 heterocycles. The molecule has 0 aliphatic rings. The predicted molar refractivity (Wildman–Crippen MR) is 52.9 cm³/mol. The van der Waals surface area contributed by atoms with Crippen LogP contribution in [0, 0.1) is 0 Å². The van der Waals surface area contributed by atoms with Gasteiger partial charge in [0.15, 0.2) is 0 Å². The molecule has 0 radical (unpaired) electrons. The average Bonchev–Trinajstić information content (AvgIpc) is 2.45. The standard InChI is InChI=1S/C9H15N3O2/c1-4-12-7(5-8(10)11-12)9(13)14-6(2)3/h5-6H,4H2,1-3H3,(H2,10,11). The van der Waals surface area contributed by atoms with Gasteiger partial charge in [-0.25, -0.2) is 4.79 Å². The molecule has 2 N–H and O–H groups in total. The molecule has 0 bridgehead atoms. The molecule has 5 nitrogen and oxygen atoms in total. The number of ether oxygens (including phenoxy) is 1. The van der Waals surface area contributed by atoms with Crippen molar-refractivity contribution in [3.05, 3.63) is 11.8 Å². The summed E-state index contributed by atoms with van der Waals surface area (Å²) in [5, 5.41) is 3.95. The van der Waals surface area contributed by atoms with Crippen molar-refractivity contribution >= 4 is 11.8 Å². The van der Waals surface area contributed by atoms with Gasteiger partial charge in [0.2, 0.25) is 0 Å². The Morgan fingerprint density at radius 1 is 1.71 bits per heavy atom. The van der Waals surface area contributed by atoms with E-state index >= 15 is 0 Å². The normalized spacial score (nSPS) is 10.6. The van der Waals surface area contributed by atoms with Gasteiger partial charge in [-0.2, -0.15) is 5.10 Å². The van der Waals surface area contributed by atoms with E-state index < -0.39 is 0 Å². The van der Waals surface area contributed by atoms with Crippen LogP contribution >= 0.6 is 0 Å². The van der Waals surface area contributed by atoms with Gasteiger partial charge < -0.3 is 10.5 Å². The third-order valence-electron chi connectivity index (χ3n) is 1.65. The summed E-state index contributed by atoms with van der Waals surface area (Å²) in [6.07, 6.45) is -0.135. The first kappa shape index (κ1) is 10.6. The van der Waals surface area contributed by atoms with Crippen LogP contribution in [-0.2, 0) is 11.3 Å². The Labute approximate surface area is 82.8 Å². The fourth-order valence-electron chi connectivity index (χ4n) is 1.12. The number of nitrogens with two attached hydrogens (primary N) is 1. The molecule has 0 fully saturated rings. The Kier molecular flexibility index (Phi) is 3.11. The van der Waals surface area contributed by atoms with Gasteiger partial charge >= 0.3 is 5.97 Å². The van der Waals surface area contributed by atoms with Crippen LogP contribution in [0.15, 0.2) is 6.07 Å². The van der Waals surface area contributed by atoms with Crippen LogP contribution in [0.25, 0.3) is 0 Å². The van der Waals surface area contributed by atoms with Crippen LogP contribution in [0.4, 0.5) is 5.82 Å². The lowest BCUT2D eigenvalue weighted by molar-refractivity contribution is 0.0363. The summed E-state index contributed by atoms with van der Waals surface area (Å²) in [5.41, 5.74) is 5.89. The second kappa shape index (κ2) is 4.13. The number of aryl methyl sites for hydroxylation is 1. The maximum atomic E-state index is 11.5. The molecular formula is C9H15N3O2. The minimum Gasteiger partial charge on any atom is -0.458 e. The largest absolute Gasteiger partial charge is 0.458 e. The SMILES string of the molecule is CCn1nc(N)cc1C(=O)OC(C)C. The number of carbonyl (C=O) groups is 1. The second-order valence-electron chi connectivity index (χ2n) is 3.22. The Balaban J connectivity index is 2.88. The molecule has 0 aromatic carbocycles. The van der Waals surface area contributed by atoms with E-state index in [0.717, 1.165) is 0 Å². The number of nitrogen functional groups attached to an aromatic ring is 1. The number of rotatable bonds is 3. The molecule has 0 aliphatic carbocycles. The van der Waals surface area contributed by atoms with E-state index in [1.54, 1.807) is 13.8 Å². The van der Waals surface area contributed by atoms with Crippen LogP contribution in [0.3, 0.4) is 0 Å². The summed E-state index contributed by atoms with van der Waals surface area (Å²) < 4.78 is 6.56. The molecule has 0 spiro atoms. The summed E-state index contributed by atoms with van der Waals surface area (Å²) in [6, 6.07) is 1.52. The van der Waals surface area contributed by atoms with Crippen LogP contribution in [-0.4, -0.2) is 21.9 Å². The summed E-state index contributed by atoms with van der Waals surface area (Å²) in [7, 11) is 0. The molecule has 0 saturated heterocycles. The lowest BCUT2D eigenvalue weighted by Crippen LogP contribution is -2.16. The number of carbonyl (C=O) groups excluding carboxylic acids is 1. The van der Waals surface area contributed by atoms with Gasteiger partial charge in [0, 0.05) is 12.6 Å². The first-order valence-corrected chi connectivity index (χ1v) is 4.59. The smallest absolute Gasteiger partial charge is 0.356 e. The van der Waals surface area contributed by atoms with E-state index in [4.69, 9.17) is 10.5 Å². The monoisotopic (exact) mass is 197 g/mol. The van der Waals surface area contributed by atoms with Gasteiger partial charge in [-0.05, 0) is 20.8 Å². The number of nitrogens with zero attached hydrogens (tertiary/aromatic N) is 2. The molecule has 0 aliphatic heterocycles. The van der Waals surface area contributed by atoms with Crippen molar-refractivity contribution in [1.29, 1.82) is 0 Å². The topological polar surface area (TPSA) is 70.1 Å². The molecule has 5 heteroatoms. The van der Waals surface area contributed by atoms with E-state index in [1.165, 1.54) is 10.7 Å². The van der Waals surface area contributed by atoms with Crippen LogP contribution in [0.5, 0.6) is 0 Å². The fraction of sp³-hybridized carbons (Fsp3) is 0.556. The van der Waals surface area contributed by atoms with Crippen LogP contribution in [0.1, 0.15) is 31.3 Å². The van der Waals surface area contributed by atoms with Gasteiger partial charge in [-0.15, -0.1) is 0 Å². The van der Waals surface area contributed by atoms with Gasteiger partial charge in [0.05, 0.1) is 6.10 Å². The number of aromatic nitrogens is 2. The highest BCUT2D eigenvalue weighted by Gasteiger charge is 2.15. The molecule has 14 heavy (non-hydrogen) atoms. The van der Waals surface area contributed by atoms with Gasteiger partial charge in [0.25, 0.3) is 0 Å². The van der Waals surface area contributed by atoms with Crippen molar-refractivity contribution in [2.45, 2.75) is 33.4 Å². The highest BCUT2D eigenvalue weighted by molar-refractivity contribution is 5.88. The van der Waals surface area contributed by atoms with Crippen molar-refractivity contribution in [3.8, 4) is 0 Å². The van der Waals surface area contributed by atoms with E-state index in [2.05, 4.69) is 5.10 Å². The highest BCUT2D eigenvalue weighted by Crippen LogP contribution is 2.08. The molecule has 1 aromatic heterocycles. The average molecular weight is 197 g/mol. The molecule has 0 saturated carbocycles. The van der Waals surface area contributed by atoms with Gasteiger partial charge in [-0.1, -0.05) is 0 Å². The maximum Gasteiger partial charge on any atom is 0.356 e. The molecule has 1 rings (SSSR count). The Morgan fingerprint density at radius 2 is 2.36 bits per heavy atom. The van der Waals surface area contributed by atoms with E-state index in [0.29, 0.717) is 18.1 Å². The Morgan fingerprint density at radius 3 is 2.86 bits per heavy atom. The molecular weight excluding hydrogens is 182 g/mol. The zero-order valence-electron chi connectivity index (χ0n) is 8.65. The van der Waals surface area contributed by atoms with Crippen LogP contribution < -0.4 is 5.73 Å². The van der Waals surface area contributed by atoms with Crippen LogP contribution in [0.2, 0.25) is 0 Å². The number of esters is 1. The number of hydrogen-bond acceptors (Lipinski definition) is 4. The maximum absolute atomic E-state index is 11.5. The molecule has 78 valence electrons. The summed E-state index contributed by atoms with van der Waals surface area (Å²) >= 11 is 0. The third kappa shape index (κ3) is 2.25. The molecule has 0 unspecified atom stereocenters. The summed E-state index contributed by atoms with van der Waals surface area (Å²) in [5.74, 6) is -0.0476. The first-order valence-electron chi connectivity index (χ1n) is 4.59. The van der Waals surface area contributed by atoms with Crippen molar-refractivity contribution in [2.24, 2.45) is 0 Å².